The minimum absolute atomic E-state index is 0.169. The van der Waals surface area contributed by atoms with Gasteiger partial charge in [0.2, 0.25) is 0 Å². The Balaban J connectivity index is 1.29. The molecule has 1 saturated heterocycles. The summed E-state index contributed by atoms with van der Waals surface area (Å²) in [4.78, 5) is 2.55. The van der Waals surface area contributed by atoms with Crippen molar-refractivity contribution >= 4 is 8.32 Å². The topological polar surface area (TPSA) is 43.0 Å². The molecule has 5 nitrogen and oxygen atoms in total. The van der Waals surface area contributed by atoms with Crippen LogP contribution in [0.1, 0.15) is 76.8 Å². The molecule has 0 amide bonds. The average molecular weight is 529 g/mol. The lowest BCUT2D eigenvalue weighted by Crippen LogP contribution is -2.50. The number of hydrogen-bond acceptors (Lipinski definition) is 5. The molecule has 37 heavy (non-hydrogen) atoms. The summed E-state index contributed by atoms with van der Waals surface area (Å²) in [5.74, 6) is 4.21. The standard InChI is InChI=1S/C31H52N2O3Si/c1-30(2,3)37(6,7)36-28-20-22-8-9-24-23(25(22)21-27(28)34-5)12-13-31(4)26(24)10-11-29(31)32-14-15-33-16-18-35-19-17-33/h20-21,23-24,26,29,32H,8-19H2,1-7H3/t23?,24?,26?,29-,31-/m0/s1. The number of nitrogens with one attached hydrogen (secondary N) is 1. The lowest BCUT2D eigenvalue weighted by Gasteiger charge is -2.51. The Labute approximate surface area is 227 Å². The van der Waals surface area contributed by atoms with Crippen LogP contribution in [0.3, 0.4) is 0 Å². The number of benzene rings is 1. The van der Waals surface area contributed by atoms with Gasteiger partial charge < -0.3 is 19.2 Å². The van der Waals surface area contributed by atoms with Gasteiger partial charge in [0, 0.05) is 32.2 Å². The summed E-state index contributed by atoms with van der Waals surface area (Å²) in [6.45, 7) is 20.4. The molecule has 3 aliphatic carbocycles. The molecule has 3 fully saturated rings. The molecular formula is C31H52N2O3Si. The van der Waals surface area contributed by atoms with Gasteiger partial charge in [0.15, 0.2) is 5.75 Å². The molecule has 6 heteroatoms. The summed E-state index contributed by atoms with van der Waals surface area (Å²) in [6.07, 6.45) is 7.85. The quantitative estimate of drug-likeness (QED) is 0.425. The van der Waals surface area contributed by atoms with E-state index in [9.17, 15) is 0 Å². The van der Waals surface area contributed by atoms with Gasteiger partial charge in [-0.2, -0.15) is 0 Å². The highest BCUT2D eigenvalue weighted by atomic mass is 28.4. The summed E-state index contributed by atoms with van der Waals surface area (Å²) in [7, 11) is -0.119. The molecule has 0 aromatic heterocycles. The van der Waals surface area contributed by atoms with Crippen molar-refractivity contribution in [3.8, 4) is 11.5 Å². The molecule has 1 aromatic carbocycles. The zero-order valence-corrected chi connectivity index (χ0v) is 25.6. The molecule has 1 aliphatic heterocycles. The van der Waals surface area contributed by atoms with Gasteiger partial charge in [-0.15, -0.1) is 0 Å². The van der Waals surface area contributed by atoms with Crippen LogP contribution in [0.4, 0.5) is 0 Å². The normalized spacial score (nSPS) is 32.4. The zero-order valence-electron chi connectivity index (χ0n) is 24.6. The third-order valence-corrected chi connectivity index (χ3v) is 15.4. The summed E-state index contributed by atoms with van der Waals surface area (Å²) in [5.41, 5.74) is 3.50. The second kappa shape index (κ2) is 10.5. The van der Waals surface area contributed by atoms with Crippen molar-refractivity contribution in [2.24, 2.45) is 17.3 Å². The van der Waals surface area contributed by atoms with Gasteiger partial charge in [0.1, 0.15) is 5.75 Å². The Morgan fingerprint density at radius 1 is 1.08 bits per heavy atom. The van der Waals surface area contributed by atoms with Crippen LogP contribution in [0.15, 0.2) is 12.1 Å². The predicted molar refractivity (Wildman–Crippen MR) is 154 cm³/mol. The summed E-state index contributed by atoms with van der Waals surface area (Å²) >= 11 is 0. The first-order valence-corrected chi connectivity index (χ1v) is 17.9. The monoisotopic (exact) mass is 528 g/mol. The van der Waals surface area contributed by atoms with E-state index in [-0.39, 0.29) is 5.04 Å². The van der Waals surface area contributed by atoms with Crippen molar-refractivity contribution in [3.63, 3.8) is 0 Å². The molecule has 5 rings (SSSR count). The third-order valence-electron chi connectivity index (χ3n) is 11.1. The predicted octanol–water partition coefficient (Wildman–Crippen LogP) is 6.23. The fraction of sp³-hybridized carbons (Fsp3) is 0.806. The van der Waals surface area contributed by atoms with Gasteiger partial charge in [0.25, 0.3) is 8.32 Å². The van der Waals surface area contributed by atoms with Crippen LogP contribution in [0.25, 0.3) is 0 Å². The number of aryl methyl sites for hydroxylation is 1. The van der Waals surface area contributed by atoms with Gasteiger partial charge in [-0.05, 0) is 103 Å². The van der Waals surface area contributed by atoms with Crippen LogP contribution in [0, 0.1) is 17.3 Å². The Bertz CT molecular complexity index is 955. The number of ether oxygens (including phenoxy) is 2. The molecule has 1 N–H and O–H groups in total. The SMILES string of the molecule is COc1cc2c(cc1O[Si](C)(C)C(C)(C)C)CCC1C2CC[C@@]2(C)C1CC[C@@H]2NCCN1CCOCC1. The number of rotatable bonds is 7. The largest absolute Gasteiger partial charge is 0.541 e. The molecule has 0 bridgehead atoms. The van der Waals surface area contributed by atoms with Crippen LogP contribution in [-0.4, -0.2) is 65.8 Å². The van der Waals surface area contributed by atoms with Gasteiger partial charge in [0.05, 0.1) is 20.3 Å². The van der Waals surface area contributed by atoms with Crippen molar-refractivity contribution in [2.75, 3.05) is 46.5 Å². The van der Waals surface area contributed by atoms with Crippen molar-refractivity contribution < 1.29 is 13.9 Å². The number of nitrogens with zero attached hydrogens (tertiary/aromatic N) is 1. The average Bonchev–Trinajstić information content (AvgIpc) is 3.19. The van der Waals surface area contributed by atoms with Crippen molar-refractivity contribution in [3.05, 3.63) is 23.3 Å². The van der Waals surface area contributed by atoms with Gasteiger partial charge >= 0.3 is 0 Å². The molecule has 208 valence electrons. The maximum atomic E-state index is 6.77. The molecule has 0 radical (unpaired) electrons. The van der Waals surface area contributed by atoms with Crippen molar-refractivity contribution in [1.82, 2.24) is 10.2 Å². The Morgan fingerprint density at radius 2 is 1.84 bits per heavy atom. The van der Waals surface area contributed by atoms with E-state index >= 15 is 0 Å². The van der Waals surface area contributed by atoms with E-state index in [1.165, 1.54) is 44.1 Å². The summed E-state index contributed by atoms with van der Waals surface area (Å²) in [6, 6.07) is 5.38. The lowest BCUT2D eigenvalue weighted by atomic mass is 9.55. The minimum Gasteiger partial charge on any atom is -0.541 e. The highest BCUT2D eigenvalue weighted by Gasteiger charge is 2.54. The highest BCUT2D eigenvalue weighted by Crippen LogP contribution is 2.61. The molecule has 4 aliphatic rings. The molecule has 1 aromatic rings. The van der Waals surface area contributed by atoms with Gasteiger partial charge in [-0.25, -0.2) is 0 Å². The van der Waals surface area contributed by atoms with Crippen LogP contribution in [0.2, 0.25) is 18.1 Å². The molecule has 0 spiro atoms. The van der Waals surface area contributed by atoms with E-state index in [1.807, 2.05) is 7.11 Å². The van der Waals surface area contributed by atoms with Crippen LogP contribution >= 0.6 is 0 Å². The first kappa shape index (κ1) is 27.5. The van der Waals surface area contributed by atoms with Crippen molar-refractivity contribution in [1.29, 1.82) is 0 Å². The van der Waals surface area contributed by atoms with Crippen molar-refractivity contribution in [2.45, 2.75) is 96.3 Å². The van der Waals surface area contributed by atoms with Crippen LogP contribution in [-0.2, 0) is 11.2 Å². The summed E-state index contributed by atoms with van der Waals surface area (Å²) < 4.78 is 18.2. The van der Waals surface area contributed by atoms with E-state index in [0.29, 0.717) is 17.4 Å². The Kier molecular flexibility index (Phi) is 7.78. The van der Waals surface area contributed by atoms with E-state index in [4.69, 9.17) is 13.9 Å². The first-order chi connectivity index (χ1) is 17.5. The van der Waals surface area contributed by atoms with E-state index < -0.39 is 8.32 Å². The fourth-order valence-corrected chi connectivity index (χ4v) is 8.82. The molecule has 2 saturated carbocycles. The maximum absolute atomic E-state index is 6.77. The zero-order chi connectivity index (χ0) is 26.4. The number of fused-ring (bicyclic) bond motifs is 5. The smallest absolute Gasteiger partial charge is 0.250 e. The lowest BCUT2D eigenvalue weighted by molar-refractivity contribution is 0.0306. The highest BCUT2D eigenvalue weighted by molar-refractivity contribution is 6.74. The van der Waals surface area contributed by atoms with Gasteiger partial charge in [-0.3, -0.25) is 4.90 Å². The van der Waals surface area contributed by atoms with E-state index in [2.05, 4.69) is 63.1 Å². The van der Waals surface area contributed by atoms with E-state index in [1.54, 1.807) is 5.56 Å². The summed E-state index contributed by atoms with van der Waals surface area (Å²) in [5, 5.41) is 4.20. The number of methoxy groups -OCH3 is 1. The molecule has 5 atom stereocenters. The molecule has 3 unspecified atom stereocenters. The second-order valence-corrected chi connectivity index (χ2v) is 18.8. The van der Waals surface area contributed by atoms with E-state index in [0.717, 1.165) is 62.7 Å². The maximum Gasteiger partial charge on any atom is 0.250 e. The van der Waals surface area contributed by atoms with Crippen LogP contribution in [0.5, 0.6) is 11.5 Å². The Hall–Kier alpha value is -1.08. The second-order valence-electron chi connectivity index (χ2n) is 14.1. The Morgan fingerprint density at radius 3 is 2.54 bits per heavy atom. The third kappa shape index (κ3) is 5.25. The number of hydrogen-bond donors (Lipinski definition) is 1. The minimum atomic E-state index is -1.93. The van der Waals surface area contributed by atoms with Crippen LogP contribution < -0.4 is 14.5 Å². The fourth-order valence-electron chi connectivity index (χ4n) is 7.80. The first-order valence-electron chi connectivity index (χ1n) is 15.0. The molecular weight excluding hydrogens is 476 g/mol. The van der Waals surface area contributed by atoms with Gasteiger partial charge in [-0.1, -0.05) is 27.7 Å². The number of morpholine rings is 1. The molecule has 1 heterocycles.